The monoisotopic (exact) mass is 438 g/mol. The molecule has 1 N–H and O–H groups in total. The van der Waals surface area contributed by atoms with Crippen LogP contribution in [0, 0.1) is 5.82 Å². The number of rotatable bonds is 5. The van der Waals surface area contributed by atoms with Crippen LogP contribution in [-0.2, 0) is 11.4 Å². The number of ether oxygens (including phenoxy) is 1. The molecule has 4 rings (SSSR count). The van der Waals surface area contributed by atoms with E-state index in [1.165, 1.54) is 17.8 Å². The summed E-state index contributed by atoms with van der Waals surface area (Å²) in [6, 6.07) is 20.8. The van der Waals surface area contributed by atoms with E-state index in [-0.39, 0.29) is 18.3 Å². The molecule has 150 valence electrons. The van der Waals surface area contributed by atoms with Gasteiger partial charge in [0.05, 0.1) is 10.6 Å². The standard InChI is InChI=1S/C23H16ClFN2O2S/c24-17-7-9-18(10-8-17)26-23-27-22(28)21(30-23)13-15-5-11-19(12-6-15)29-14-16-3-1-2-4-20(16)25/h1-13H,14H2,(H,26,27,28)/b21-13-. The molecule has 0 unspecified atom stereocenters. The molecule has 1 heterocycles. The maximum absolute atomic E-state index is 13.7. The normalized spacial score (nSPS) is 16.1. The summed E-state index contributed by atoms with van der Waals surface area (Å²) in [5.41, 5.74) is 2.05. The van der Waals surface area contributed by atoms with Gasteiger partial charge < -0.3 is 10.1 Å². The van der Waals surface area contributed by atoms with Crippen LogP contribution in [0.3, 0.4) is 0 Å². The van der Waals surface area contributed by atoms with Crippen molar-refractivity contribution in [3.8, 4) is 5.75 Å². The van der Waals surface area contributed by atoms with Gasteiger partial charge in [-0.1, -0.05) is 41.9 Å². The first-order valence-corrected chi connectivity index (χ1v) is 10.3. The van der Waals surface area contributed by atoms with Crippen LogP contribution in [0.4, 0.5) is 10.1 Å². The van der Waals surface area contributed by atoms with E-state index in [1.54, 1.807) is 60.7 Å². The van der Waals surface area contributed by atoms with Crippen LogP contribution in [0.25, 0.3) is 6.08 Å². The maximum Gasteiger partial charge on any atom is 0.264 e. The second kappa shape index (κ2) is 9.15. The van der Waals surface area contributed by atoms with E-state index in [0.29, 0.717) is 32.1 Å². The van der Waals surface area contributed by atoms with Crippen molar-refractivity contribution < 1.29 is 13.9 Å². The average Bonchev–Trinajstić information content (AvgIpc) is 3.09. The highest BCUT2D eigenvalue weighted by molar-refractivity contribution is 8.18. The molecule has 1 aliphatic heterocycles. The fourth-order valence-corrected chi connectivity index (χ4v) is 3.67. The van der Waals surface area contributed by atoms with Crippen molar-refractivity contribution in [2.24, 2.45) is 4.99 Å². The Morgan fingerprint density at radius 3 is 2.50 bits per heavy atom. The van der Waals surface area contributed by atoms with Gasteiger partial charge in [-0.3, -0.25) is 4.79 Å². The summed E-state index contributed by atoms with van der Waals surface area (Å²) in [4.78, 5) is 17.2. The molecule has 1 aliphatic rings. The predicted octanol–water partition coefficient (Wildman–Crippen LogP) is 5.95. The number of nitrogens with one attached hydrogen (secondary N) is 1. The SMILES string of the molecule is O=C1NC(=Nc2ccc(Cl)cc2)S/C1=C\c1ccc(OCc2ccccc2F)cc1. The Morgan fingerprint density at radius 1 is 1.03 bits per heavy atom. The molecule has 0 aromatic heterocycles. The zero-order valence-corrected chi connectivity index (χ0v) is 17.2. The molecule has 0 radical (unpaired) electrons. The molecular formula is C23H16ClFN2O2S. The quantitative estimate of drug-likeness (QED) is 0.501. The minimum atomic E-state index is -0.292. The summed E-state index contributed by atoms with van der Waals surface area (Å²) < 4.78 is 19.3. The third-order valence-electron chi connectivity index (χ3n) is 4.24. The zero-order valence-electron chi connectivity index (χ0n) is 15.6. The van der Waals surface area contributed by atoms with Crippen LogP contribution in [0.5, 0.6) is 5.75 Å². The fraction of sp³-hybridized carbons (Fsp3) is 0.0435. The number of thioether (sulfide) groups is 1. The van der Waals surface area contributed by atoms with Gasteiger partial charge in [-0.15, -0.1) is 0 Å². The van der Waals surface area contributed by atoms with Gasteiger partial charge in [0.25, 0.3) is 5.91 Å². The number of carbonyl (C=O) groups is 1. The van der Waals surface area contributed by atoms with E-state index in [4.69, 9.17) is 16.3 Å². The topological polar surface area (TPSA) is 50.7 Å². The summed E-state index contributed by atoms with van der Waals surface area (Å²) in [6.45, 7) is 0.149. The van der Waals surface area contributed by atoms with Crippen LogP contribution < -0.4 is 10.1 Å². The predicted molar refractivity (Wildman–Crippen MR) is 119 cm³/mol. The van der Waals surface area contributed by atoms with Gasteiger partial charge in [-0.2, -0.15) is 0 Å². The third-order valence-corrected chi connectivity index (χ3v) is 5.40. The Kier molecular flexibility index (Phi) is 6.16. The van der Waals surface area contributed by atoms with E-state index in [1.807, 2.05) is 12.1 Å². The lowest BCUT2D eigenvalue weighted by molar-refractivity contribution is -0.115. The Bertz CT molecular complexity index is 1130. The van der Waals surface area contributed by atoms with Crippen LogP contribution in [0.15, 0.2) is 82.7 Å². The smallest absolute Gasteiger partial charge is 0.264 e. The number of nitrogens with zero attached hydrogens (tertiary/aromatic N) is 1. The van der Waals surface area contributed by atoms with Gasteiger partial charge in [0.2, 0.25) is 0 Å². The number of aliphatic imine (C=N–C) groups is 1. The molecule has 3 aromatic carbocycles. The summed E-state index contributed by atoms with van der Waals surface area (Å²) in [5.74, 6) is 0.126. The van der Waals surface area contributed by atoms with E-state index in [2.05, 4.69) is 10.3 Å². The average molecular weight is 439 g/mol. The Balaban J connectivity index is 1.41. The van der Waals surface area contributed by atoms with Crippen molar-refractivity contribution in [1.29, 1.82) is 0 Å². The number of amides is 1. The van der Waals surface area contributed by atoms with Gasteiger partial charge >= 0.3 is 0 Å². The summed E-state index contributed by atoms with van der Waals surface area (Å²) in [7, 11) is 0. The number of amidine groups is 1. The summed E-state index contributed by atoms with van der Waals surface area (Å²) in [6.07, 6.45) is 1.78. The lowest BCUT2D eigenvalue weighted by Crippen LogP contribution is -2.19. The van der Waals surface area contributed by atoms with Crippen molar-refractivity contribution in [2.75, 3.05) is 0 Å². The number of carbonyl (C=O) groups excluding carboxylic acids is 1. The summed E-state index contributed by atoms with van der Waals surface area (Å²) >= 11 is 7.15. The molecule has 0 bridgehead atoms. The van der Waals surface area contributed by atoms with Crippen molar-refractivity contribution >= 4 is 46.2 Å². The molecule has 1 amide bonds. The van der Waals surface area contributed by atoms with Gasteiger partial charge in [0.1, 0.15) is 18.2 Å². The van der Waals surface area contributed by atoms with Gasteiger partial charge in [0, 0.05) is 10.6 Å². The first kappa shape index (κ1) is 20.2. The number of benzene rings is 3. The van der Waals surface area contributed by atoms with Crippen LogP contribution in [-0.4, -0.2) is 11.1 Å². The first-order valence-electron chi connectivity index (χ1n) is 9.08. The van der Waals surface area contributed by atoms with Gasteiger partial charge in [-0.05, 0) is 65.9 Å². The van der Waals surface area contributed by atoms with E-state index >= 15 is 0 Å². The molecular weight excluding hydrogens is 423 g/mol. The molecule has 7 heteroatoms. The number of hydrogen-bond acceptors (Lipinski definition) is 4. The number of hydrogen-bond donors (Lipinski definition) is 1. The largest absolute Gasteiger partial charge is 0.489 e. The zero-order chi connectivity index (χ0) is 20.9. The summed E-state index contributed by atoms with van der Waals surface area (Å²) in [5, 5.41) is 3.90. The highest BCUT2D eigenvalue weighted by Gasteiger charge is 2.23. The second-order valence-corrected chi connectivity index (χ2v) is 7.87. The molecule has 4 nitrogen and oxygen atoms in total. The van der Waals surface area contributed by atoms with E-state index < -0.39 is 0 Å². The Hall–Kier alpha value is -3.09. The molecule has 30 heavy (non-hydrogen) atoms. The van der Waals surface area contributed by atoms with Crippen molar-refractivity contribution in [3.63, 3.8) is 0 Å². The van der Waals surface area contributed by atoms with Crippen LogP contribution >= 0.6 is 23.4 Å². The molecule has 0 saturated carbocycles. The minimum Gasteiger partial charge on any atom is -0.489 e. The second-order valence-electron chi connectivity index (χ2n) is 6.41. The molecule has 3 aromatic rings. The van der Waals surface area contributed by atoms with Crippen molar-refractivity contribution in [2.45, 2.75) is 6.61 Å². The fourth-order valence-electron chi connectivity index (χ4n) is 2.70. The van der Waals surface area contributed by atoms with Gasteiger partial charge in [-0.25, -0.2) is 9.38 Å². The van der Waals surface area contributed by atoms with Crippen molar-refractivity contribution in [3.05, 3.63) is 99.7 Å². The highest BCUT2D eigenvalue weighted by Crippen LogP contribution is 2.29. The molecule has 1 fully saturated rings. The highest BCUT2D eigenvalue weighted by atomic mass is 35.5. The van der Waals surface area contributed by atoms with E-state index in [9.17, 15) is 9.18 Å². The molecule has 0 spiro atoms. The van der Waals surface area contributed by atoms with Crippen LogP contribution in [0.1, 0.15) is 11.1 Å². The lowest BCUT2D eigenvalue weighted by Gasteiger charge is -2.07. The van der Waals surface area contributed by atoms with Crippen LogP contribution in [0.2, 0.25) is 5.02 Å². The third kappa shape index (κ3) is 5.09. The Labute approximate surface area is 182 Å². The Morgan fingerprint density at radius 2 is 1.77 bits per heavy atom. The molecule has 0 atom stereocenters. The number of halogens is 2. The van der Waals surface area contributed by atoms with Crippen molar-refractivity contribution in [1.82, 2.24) is 5.32 Å². The molecule has 1 saturated heterocycles. The minimum absolute atomic E-state index is 0.149. The lowest BCUT2D eigenvalue weighted by atomic mass is 10.2. The van der Waals surface area contributed by atoms with Gasteiger partial charge in [0.15, 0.2) is 5.17 Å². The van der Waals surface area contributed by atoms with E-state index in [0.717, 1.165) is 5.56 Å². The molecule has 0 aliphatic carbocycles. The maximum atomic E-state index is 13.7. The first-order chi connectivity index (χ1) is 14.6.